The highest BCUT2D eigenvalue weighted by atomic mass is 17.3. The third kappa shape index (κ3) is 53.6. The van der Waals surface area contributed by atoms with Gasteiger partial charge in [-0.05, 0) is 190 Å². The number of nitrogens with one attached hydrogen (secondary N) is 1. The molecule has 2 unspecified atom stereocenters. The summed E-state index contributed by atoms with van der Waals surface area (Å²) in [6.07, 6.45) is 6.09. The number of aliphatic carboxylic acids is 1. The van der Waals surface area contributed by atoms with Crippen molar-refractivity contribution in [2.24, 2.45) is 0 Å². The van der Waals surface area contributed by atoms with E-state index in [0.717, 1.165) is 94.1 Å². The number of alkyl carbamates (subject to hydrolysis) is 1. The maximum atomic E-state index is 12.8. The zero-order chi connectivity index (χ0) is 104. The van der Waals surface area contributed by atoms with Crippen LogP contribution in [0.4, 0.5) is 4.79 Å². The fraction of sp³-hybridized carbons (Fsp3) is 0.692. The molecule has 3 N–H and O–H groups in total. The van der Waals surface area contributed by atoms with Crippen LogP contribution >= 0.6 is 0 Å². The molecule has 1 amide bonds. The van der Waals surface area contributed by atoms with Crippen molar-refractivity contribution in [2.75, 3.05) is 325 Å². The molecular formula is C104H163BNO40. The number of carbonyl (C=O) groups is 2. The lowest BCUT2D eigenvalue weighted by Gasteiger charge is -2.37. The number of amides is 1. The molecule has 2 aliphatic rings. The Morgan fingerprint density at radius 1 is 0.308 bits per heavy atom. The standard InChI is InChI=1S/C104H163BNO40/c1-100(2,3)145-99(109)106-33-12-11-30-103(8)94-80-87(23-26-90(94)91-29-25-89(83-95(91)103)105-146-102(6,7)101(4,5)110)88-24-28-93-92-27-22-86(85-20-18-84(19-21-85)16-13-17-98(107)108)81-96(92)104(97(93)82-88,31-14-34-113-39-40-116-43-44-118-47-48-120-51-52-122-55-56-124-58-57-123-54-53-121-50-49-119-46-45-117-42-41-115-38-36-111-9)32-15-35-114-59-61-126-128-63-65-130-132-67-69-134-136-71-73-138-140-75-77-142-144-79-78-143-141-76-74-139-137-72-70-135-133-68-66-131-129-64-62-127-125-60-37-112-10/h18-29,80-83,110H,11-17,30-79H2,1-10H3,(H,106,109)(H,107,108). The number of benzene rings is 5. The van der Waals surface area contributed by atoms with Crippen molar-refractivity contribution in [2.45, 2.75) is 147 Å². The maximum Gasteiger partial charge on any atom is 0.407 e. The lowest BCUT2D eigenvalue weighted by molar-refractivity contribution is -0.379. The van der Waals surface area contributed by atoms with Crippen molar-refractivity contribution >= 4 is 25.0 Å². The molecule has 1 radical (unpaired) electrons. The Balaban J connectivity index is 0.853. The molecule has 0 heterocycles. The van der Waals surface area contributed by atoms with Crippen LogP contribution in [0.1, 0.15) is 141 Å². The maximum absolute atomic E-state index is 12.8. The van der Waals surface area contributed by atoms with Crippen molar-refractivity contribution < 1.29 is 193 Å². The number of fused-ring (bicyclic) bond motifs is 6. The van der Waals surface area contributed by atoms with Gasteiger partial charge in [-0.25, -0.2) is 103 Å². The van der Waals surface area contributed by atoms with Crippen LogP contribution in [0, 0.1) is 0 Å². The van der Waals surface area contributed by atoms with Crippen molar-refractivity contribution in [1.29, 1.82) is 0 Å². The van der Waals surface area contributed by atoms with Gasteiger partial charge >= 0.3 is 19.5 Å². The fourth-order valence-electron chi connectivity index (χ4n) is 14.9. The van der Waals surface area contributed by atoms with Gasteiger partial charge in [-0.15, -0.1) is 0 Å². The summed E-state index contributed by atoms with van der Waals surface area (Å²) in [5.74, 6) is -0.810. The Hall–Kier alpha value is -6.54. The molecule has 2 atom stereocenters. The fourth-order valence-corrected chi connectivity index (χ4v) is 14.9. The minimum atomic E-state index is -1.12. The van der Waals surface area contributed by atoms with Crippen LogP contribution in [0.3, 0.4) is 0 Å². The highest BCUT2D eigenvalue weighted by Gasteiger charge is 2.45. The van der Waals surface area contributed by atoms with Crippen LogP contribution in [0.25, 0.3) is 44.5 Å². The highest BCUT2D eigenvalue weighted by Crippen LogP contribution is 2.57. The van der Waals surface area contributed by atoms with Crippen molar-refractivity contribution in [3.8, 4) is 44.5 Å². The van der Waals surface area contributed by atoms with E-state index >= 15 is 0 Å². The van der Waals surface area contributed by atoms with Crippen LogP contribution in [-0.4, -0.2) is 371 Å². The lowest BCUT2D eigenvalue weighted by atomic mass is 9.70. The molecule has 2 aliphatic carbocycles. The molecule has 0 aromatic heterocycles. The Labute approximate surface area is 861 Å². The van der Waals surface area contributed by atoms with Crippen molar-refractivity contribution in [1.82, 2.24) is 5.32 Å². The number of ether oxygens (including phenoxy) is 15. The molecule has 0 spiro atoms. The minimum Gasteiger partial charge on any atom is -0.481 e. The molecule has 0 aliphatic heterocycles. The molecule has 42 heteroatoms. The van der Waals surface area contributed by atoms with E-state index in [4.69, 9.17) is 173 Å². The van der Waals surface area contributed by atoms with E-state index in [1.165, 1.54) is 22.3 Å². The molecule has 146 heavy (non-hydrogen) atoms. The summed E-state index contributed by atoms with van der Waals surface area (Å²) in [7, 11) is 4.96. The first-order valence-electron chi connectivity index (χ1n) is 50.6. The second kappa shape index (κ2) is 78.6. The number of aryl methyl sites for hydroxylation is 1. The first-order chi connectivity index (χ1) is 71.2. The Morgan fingerprint density at radius 2 is 0.582 bits per heavy atom. The average Bonchev–Trinajstić information content (AvgIpc) is 1.56. The Morgan fingerprint density at radius 3 is 0.911 bits per heavy atom. The lowest BCUT2D eigenvalue weighted by Crippen LogP contribution is -2.49. The molecule has 5 aromatic rings. The number of aliphatic hydroxyl groups is 1. The van der Waals surface area contributed by atoms with E-state index < -0.39 is 39.7 Å². The largest absolute Gasteiger partial charge is 0.481 e. The van der Waals surface area contributed by atoms with Crippen LogP contribution in [0.2, 0.25) is 0 Å². The molecule has 0 saturated heterocycles. The van der Waals surface area contributed by atoms with Gasteiger partial charge in [-0.3, -0.25) is 4.79 Å². The molecule has 827 valence electrons. The summed E-state index contributed by atoms with van der Waals surface area (Å²) in [6, 6.07) is 35.6. The monoisotopic (exact) mass is 2080 g/mol. The van der Waals surface area contributed by atoms with Crippen LogP contribution < -0.4 is 10.8 Å². The second-order valence-electron chi connectivity index (χ2n) is 35.6. The van der Waals surface area contributed by atoms with E-state index in [1.807, 2.05) is 34.6 Å². The third-order valence-corrected chi connectivity index (χ3v) is 22.8. The van der Waals surface area contributed by atoms with E-state index in [0.29, 0.717) is 198 Å². The summed E-state index contributed by atoms with van der Waals surface area (Å²) < 4.78 is 90.7. The molecule has 0 fully saturated rings. The number of hydrogen-bond acceptors (Lipinski definition) is 39. The minimum absolute atomic E-state index is 0.0706. The summed E-state index contributed by atoms with van der Waals surface area (Å²) in [5, 5.41) is 23.5. The Kier molecular flexibility index (Phi) is 68.0. The Bertz CT molecular complexity index is 4110. The van der Waals surface area contributed by atoms with E-state index in [-0.39, 0.29) is 139 Å². The first kappa shape index (κ1) is 126. The van der Waals surface area contributed by atoms with Gasteiger partial charge in [0.25, 0.3) is 0 Å². The number of carboxylic acids is 1. The van der Waals surface area contributed by atoms with Gasteiger partial charge in [0.05, 0.1) is 170 Å². The smallest absolute Gasteiger partial charge is 0.407 e. The third-order valence-electron chi connectivity index (χ3n) is 22.8. The van der Waals surface area contributed by atoms with E-state index in [9.17, 15) is 19.8 Å². The van der Waals surface area contributed by atoms with Crippen LogP contribution in [-0.2, 0) is 196 Å². The summed E-state index contributed by atoms with van der Waals surface area (Å²) in [4.78, 5) is 125. The predicted molar refractivity (Wildman–Crippen MR) is 532 cm³/mol. The zero-order valence-corrected chi connectivity index (χ0v) is 87.5. The summed E-state index contributed by atoms with van der Waals surface area (Å²) in [5.41, 5.74) is 12.1. The van der Waals surface area contributed by atoms with Gasteiger partial charge in [0.1, 0.15) is 138 Å². The van der Waals surface area contributed by atoms with Gasteiger partial charge in [0, 0.05) is 51.2 Å². The van der Waals surface area contributed by atoms with Gasteiger partial charge in [0.15, 0.2) is 0 Å². The van der Waals surface area contributed by atoms with E-state index in [2.05, 4.69) is 109 Å². The molecule has 5 aromatic carbocycles. The topological polar surface area (TPSA) is 419 Å². The average molecular weight is 2080 g/mol. The molecule has 7 rings (SSSR count). The second-order valence-corrected chi connectivity index (χ2v) is 35.6. The van der Waals surface area contributed by atoms with Gasteiger partial charge < -0.3 is 91.2 Å². The number of carboxylic acid groups (broad SMARTS) is 1. The summed E-state index contributed by atoms with van der Waals surface area (Å²) in [6.45, 7) is 29.7. The molecular weight excluding hydrogens is 1910 g/mol. The molecule has 0 bridgehead atoms. The predicted octanol–water partition coefficient (Wildman–Crippen LogP) is 12.0. The summed E-state index contributed by atoms with van der Waals surface area (Å²) >= 11 is 0. The van der Waals surface area contributed by atoms with Gasteiger partial charge in [-0.1, -0.05) is 97.7 Å². The van der Waals surface area contributed by atoms with Crippen LogP contribution in [0.5, 0.6) is 0 Å². The normalized spacial score (nSPS) is 14.5. The van der Waals surface area contributed by atoms with Gasteiger partial charge in [0.2, 0.25) is 0 Å². The number of hydrogen-bond donors (Lipinski definition) is 3. The molecule has 0 saturated carbocycles. The molecule has 41 nitrogen and oxygen atoms in total. The van der Waals surface area contributed by atoms with E-state index in [1.54, 1.807) is 35.5 Å². The highest BCUT2D eigenvalue weighted by molar-refractivity contribution is 6.47. The number of unbranched alkanes of at least 4 members (excludes halogenated alkanes) is 1. The van der Waals surface area contributed by atoms with Gasteiger partial charge in [-0.2, -0.15) is 0 Å². The van der Waals surface area contributed by atoms with Crippen molar-refractivity contribution in [3.05, 3.63) is 125 Å². The quantitative estimate of drug-likeness (QED) is 0.0141. The number of methoxy groups -OCH3 is 2. The van der Waals surface area contributed by atoms with Crippen molar-refractivity contribution in [3.63, 3.8) is 0 Å². The number of rotatable bonds is 99. The van der Waals surface area contributed by atoms with Crippen LogP contribution in [0.15, 0.2) is 97.1 Å². The number of carbonyl (C=O) groups excluding carboxylic acids is 1. The zero-order valence-electron chi connectivity index (χ0n) is 87.5. The first-order valence-corrected chi connectivity index (χ1v) is 50.6. The SMILES string of the molecule is COCCOCCOCCOCCOCCOCCOCCOCCOCCOCCOCCOCCCC1(CCCOCCOOCCOOCCOOCCOOCCOOCCOOCCOOCCOOCCOOCCOOCCOC)c2cc(-c3ccc(CCCC(=O)O)cc3)ccc2-c2ccc(-c3ccc4c(c3)C(C)(CCCCNC(=O)OC(C)(C)C)c3cc([B]OC(C)(C)C(C)(C)O)ccc3-4)cc21.